The van der Waals surface area contributed by atoms with E-state index in [1.807, 2.05) is 115 Å². The first-order valence-corrected chi connectivity index (χ1v) is 18.6. The Kier molecular flexibility index (Phi) is 13.2. The number of urea groups is 1. The molecule has 2 saturated heterocycles. The van der Waals surface area contributed by atoms with Crippen molar-refractivity contribution in [2.75, 3.05) is 13.7 Å². The molecular formula is C43H50N4O8. The lowest BCUT2D eigenvalue weighted by molar-refractivity contribution is -0.222. The molecule has 0 unspecified atom stereocenters. The van der Waals surface area contributed by atoms with Crippen molar-refractivity contribution in [2.45, 2.75) is 88.7 Å². The van der Waals surface area contributed by atoms with Crippen LogP contribution in [0.15, 0.2) is 115 Å². The number of methoxy groups -OCH3 is 1. The number of nitrogens with one attached hydrogen (secondary N) is 2. The van der Waals surface area contributed by atoms with Crippen LogP contribution < -0.4 is 21.1 Å². The maximum Gasteiger partial charge on any atom is 0.318 e. The fourth-order valence-electron chi connectivity index (χ4n) is 7.03. The molecule has 0 aliphatic carbocycles. The van der Waals surface area contributed by atoms with Crippen molar-refractivity contribution in [3.8, 4) is 5.75 Å². The summed E-state index contributed by atoms with van der Waals surface area (Å²) < 4.78 is 30.5. The predicted molar refractivity (Wildman–Crippen MR) is 205 cm³/mol. The van der Waals surface area contributed by atoms with E-state index in [1.54, 1.807) is 25.9 Å². The highest BCUT2D eigenvalue weighted by atomic mass is 16.8. The highest BCUT2D eigenvalue weighted by molar-refractivity contribution is 5.88. The maximum atomic E-state index is 14.8. The average Bonchev–Trinajstić information content (AvgIpc) is 3.68. The van der Waals surface area contributed by atoms with Gasteiger partial charge >= 0.3 is 6.03 Å². The van der Waals surface area contributed by atoms with Gasteiger partial charge in [0, 0.05) is 25.9 Å². The molecule has 2 aliphatic rings. The smallest absolute Gasteiger partial charge is 0.318 e. The van der Waals surface area contributed by atoms with E-state index in [-0.39, 0.29) is 32.5 Å². The third-order valence-electron chi connectivity index (χ3n) is 9.76. The van der Waals surface area contributed by atoms with Crippen LogP contribution in [0.1, 0.15) is 42.5 Å². The number of fused-ring (bicyclic) bond motifs is 1. The molecule has 0 spiro atoms. The van der Waals surface area contributed by atoms with Gasteiger partial charge in [-0.25, -0.2) is 4.79 Å². The first-order chi connectivity index (χ1) is 26.6. The van der Waals surface area contributed by atoms with Gasteiger partial charge in [-0.15, -0.1) is 0 Å². The summed E-state index contributed by atoms with van der Waals surface area (Å²) in [6.45, 7) is 4.28. The molecule has 2 heterocycles. The third-order valence-corrected chi connectivity index (χ3v) is 9.76. The zero-order valence-electron chi connectivity index (χ0n) is 31.5. The quantitative estimate of drug-likeness (QED) is 0.138. The number of nitrogens with zero attached hydrogens (tertiary/aromatic N) is 1. The molecule has 0 aromatic heterocycles. The van der Waals surface area contributed by atoms with Gasteiger partial charge in [-0.1, -0.05) is 103 Å². The molecule has 55 heavy (non-hydrogen) atoms. The Labute approximate surface area is 322 Å². The van der Waals surface area contributed by atoms with Crippen molar-refractivity contribution in [3.05, 3.63) is 138 Å². The highest BCUT2D eigenvalue weighted by Crippen LogP contribution is 2.40. The van der Waals surface area contributed by atoms with Crippen molar-refractivity contribution in [3.63, 3.8) is 0 Å². The Bertz CT molecular complexity index is 1850. The zero-order valence-corrected chi connectivity index (χ0v) is 31.5. The Balaban J connectivity index is 1.29. The number of amides is 4. The molecule has 2 aliphatic heterocycles. The van der Waals surface area contributed by atoms with Crippen LogP contribution in [0.3, 0.4) is 0 Å². The largest absolute Gasteiger partial charge is 0.497 e. The van der Waals surface area contributed by atoms with Crippen LogP contribution >= 0.6 is 0 Å². The van der Waals surface area contributed by atoms with Crippen LogP contribution in [0.2, 0.25) is 0 Å². The van der Waals surface area contributed by atoms with Gasteiger partial charge in [0.25, 0.3) is 0 Å². The van der Waals surface area contributed by atoms with Gasteiger partial charge in [0.1, 0.15) is 30.1 Å². The topological polar surface area (TPSA) is 151 Å². The minimum Gasteiger partial charge on any atom is -0.497 e. The number of rotatable bonds is 17. The fraction of sp³-hybridized carbons (Fsp3) is 0.372. The van der Waals surface area contributed by atoms with Gasteiger partial charge in [0.05, 0.1) is 19.8 Å². The van der Waals surface area contributed by atoms with Gasteiger partial charge < -0.3 is 45.0 Å². The number of primary amides is 1. The summed E-state index contributed by atoms with van der Waals surface area (Å²) in [6, 6.07) is 33.9. The van der Waals surface area contributed by atoms with E-state index in [4.69, 9.17) is 29.4 Å². The van der Waals surface area contributed by atoms with Crippen LogP contribution in [-0.2, 0) is 54.5 Å². The standard InChI is InChI=1S/C43H50N4O8/c1-43(2)54-39-38(52-28-32-17-11-6-12-18-32)37(53-41(39)55-43)34(26-36(44)48)46-40(49)35(25-30-13-7-4-8-14-30)47(24-23-29-19-21-33(51-3)22-20-29)42(50)45-27-31-15-9-5-10-16-31/h4-22,34-35,37-39,41H,23-28H2,1-3H3,(H2,44,48)(H,45,50)(H,46,49)/t34-,35-,37-,38+,39-,41-/m0/s1. The number of ether oxygens (including phenoxy) is 5. The molecule has 6 atom stereocenters. The molecule has 4 aromatic carbocycles. The zero-order chi connectivity index (χ0) is 38.8. The van der Waals surface area contributed by atoms with Gasteiger partial charge in [0.2, 0.25) is 11.8 Å². The molecule has 0 radical (unpaired) electrons. The summed E-state index contributed by atoms with van der Waals surface area (Å²) in [7, 11) is 1.60. The molecule has 290 valence electrons. The molecule has 6 rings (SSSR count). The minimum absolute atomic E-state index is 0.197. The molecule has 12 heteroatoms. The molecule has 0 saturated carbocycles. The first-order valence-electron chi connectivity index (χ1n) is 18.6. The number of nitrogens with two attached hydrogens (primary N) is 1. The van der Waals surface area contributed by atoms with Gasteiger partial charge in [-0.3, -0.25) is 9.59 Å². The molecular weight excluding hydrogens is 700 g/mol. The van der Waals surface area contributed by atoms with Gasteiger partial charge in [0.15, 0.2) is 12.1 Å². The third kappa shape index (κ3) is 10.7. The lowest BCUT2D eigenvalue weighted by Gasteiger charge is -2.35. The number of hydrogen-bond acceptors (Lipinski definition) is 8. The monoisotopic (exact) mass is 750 g/mol. The number of hydrogen-bond donors (Lipinski definition) is 3. The summed E-state index contributed by atoms with van der Waals surface area (Å²) in [5.74, 6) is -1.35. The van der Waals surface area contributed by atoms with Crippen molar-refractivity contribution in [1.29, 1.82) is 0 Å². The summed E-state index contributed by atoms with van der Waals surface area (Å²) in [6.07, 6.45) is -2.65. The number of benzene rings is 4. The van der Waals surface area contributed by atoms with Crippen molar-refractivity contribution in [1.82, 2.24) is 15.5 Å². The van der Waals surface area contributed by atoms with E-state index in [0.717, 1.165) is 22.3 Å². The van der Waals surface area contributed by atoms with E-state index in [0.29, 0.717) is 12.2 Å². The number of carbonyl (C=O) groups excluding carboxylic acids is 3. The van der Waals surface area contributed by atoms with Crippen LogP contribution in [-0.4, -0.2) is 78.9 Å². The van der Waals surface area contributed by atoms with Gasteiger partial charge in [-0.05, 0) is 54.7 Å². The summed E-state index contributed by atoms with van der Waals surface area (Å²) >= 11 is 0. The highest BCUT2D eigenvalue weighted by Gasteiger charge is 2.57. The second-order valence-electron chi connectivity index (χ2n) is 14.3. The van der Waals surface area contributed by atoms with E-state index >= 15 is 0 Å². The van der Waals surface area contributed by atoms with Crippen LogP contribution in [0.5, 0.6) is 5.75 Å². The van der Waals surface area contributed by atoms with E-state index in [2.05, 4.69) is 10.6 Å². The average molecular weight is 751 g/mol. The first kappa shape index (κ1) is 39.4. The van der Waals surface area contributed by atoms with Gasteiger partial charge in [-0.2, -0.15) is 0 Å². The summed E-state index contributed by atoms with van der Waals surface area (Å²) in [5.41, 5.74) is 9.45. The Morgan fingerprint density at radius 2 is 1.44 bits per heavy atom. The van der Waals surface area contributed by atoms with Crippen LogP contribution in [0.25, 0.3) is 0 Å². The van der Waals surface area contributed by atoms with Crippen LogP contribution in [0.4, 0.5) is 4.79 Å². The molecule has 4 N–H and O–H groups in total. The molecule has 2 fully saturated rings. The lowest BCUT2D eigenvalue weighted by atomic mass is 9.98. The van der Waals surface area contributed by atoms with Crippen molar-refractivity contribution >= 4 is 17.8 Å². The normalized spacial score (nSPS) is 20.9. The lowest BCUT2D eigenvalue weighted by Crippen LogP contribution is -2.59. The molecule has 4 aromatic rings. The van der Waals surface area contributed by atoms with E-state index < -0.39 is 60.3 Å². The van der Waals surface area contributed by atoms with E-state index in [1.165, 1.54) is 0 Å². The van der Waals surface area contributed by atoms with Crippen molar-refractivity contribution < 1.29 is 38.1 Å². The molecule has 0 bridgehead atoms. The Morgan fingerprint density at radius 1 is 0.818 bits per heavy atom. The Morgan fingerprint density at radius 3 is 2.05 bits per heavy atom. The molecule has 4 amide bonds. The summed E-state index contributed by atoms with van der Waals surface area (Å²) in [4.78, 5) is 43.2. The molecule has 12 nitrogen and oxygen atoms in total. The predicted octanol–water partition coefficient (Wildman–Crippen LogP) is 4.88. The second kappa shape index (κ2) is 18.4. The number of carbonyl (C=O) groups is 3. The summed E-state index contributed by atoms with van der Waals surface area (Å²) in [5, 5.41) is 6.10. The van der Waals surface area contributed by atoms with Crippen LogP contribution in [0, 0.1) is 0 Å². The maximum absolute atomic E-state index is 14.8. The Hall–Kier alpha value is -5.27. The van der Waals surface area contributed by atoms with Crippen molar-refractivity contribution in [2.24, 2.45) is 5.73 Å². The van der Waals surface area contributed by atoms with E-state index in [9.17, 15) is 14.4 Å². The fourth-order valence-corrected chi connectivity index (χ4v) is 7.03. The SMILES string of the molecule is COc1ccc(CCN(C(=O)NCc2ccccc2)[C@@H](Cc2ccccc2)C(=O)N[C@@H](CC(N)=O)[C@@H]2O[C@H]3OC(C)(C)O[C@H]3[C@@H]2OCc2ccccc2)cc1. The minimum atomic E-state index is -0.997. The second-order valence-corrected chi connectivity index (χ2v) is 14.3.